The Kier molecular flexibility index (Phi) is 21.4. The number of ether oxygens (including phenoxy) is 3. The Balaban J connectivity index is 1.30. The number of nitrogens with two attached hydrogens (primary N) is 1. The Hall–Kier alpha value is -2.40. The summed E-state index contributed by atoms with van der Waals surface area (Å²) in [5, 5.41) is 0. The third-order valence-corrected chi connectivity index (χ3v) is 10.1. The number of hydrogen-bond donors (Lipinski definition) is 1. The van der Waals surface area contributed by atoms with Crippen LogP contribution in [0.1, 0.15) is 115 Å². The van der Waals surface area contributed by atoms with E-state index in [0.717, 1.165) is 18.4 Å². The second kappa shape index (κ2) is 25.5. The molecule has 0 aliphatic heterocycles. The number of aromatic nitrogens is 4. The van der Waals surface area contributed by atoms with Crippen LogP contribution in [0.2, 0.25) is 0 Å². The minimum absolute atomic E-state index is 0.138. The van der Waals surface area contributed by atoms with Crippen LogP contribution >= 0.6 is 7.60 Å². The predicted molar refractivity (Wildman–Crippen MR) is 197 cm³/mol. The van der Waals surface area contributed by atoms with E-state index in [1.165, 1.54) is 96.2 Å². The number of rotatable bonds is 31. The number of benzene rings is 1. The average molecular weight is 704 g/mol. The van der Waals surface area contributed by atoms with Gasteiger partial charge in [0.2, 0.25) is 0 Å². The molecular weight excluding hydrogens is 641 g/mol. The van der Waals surface area contributed by atoms with E-state index in [2.05, 4.69) is 21.9 Å². The highest BCUT2D eigenvalue weighted by Gasteiger charge is 2.28. The second-order valence-electron chi connectivity index (χ2n) is 12.8. The number of hydrogen-bond acceptors (Lipinski definition) is 10. The van der Waals surface area contributed by atoms with Crippen molar-refractivity contribution in [3.8, 4) is 0 Å². The summed E-state index contributed by atoms with van der Waals surface area (Å²) in [6.45, 7) is 4.16. The van der Waals surface area contributed by atoms with Crippen LogP contribution in [0.25, 0.3) is 11.2 Å². The lowest BCUT2D eigenvalue weighted by Gasteiger charge is -2.23. The first kappa shape index (κ1) is 41.0. The molecule has 0 aliphatic rings. The molecule has 0 saturated heterocycles. The van der Waals surface area contributed by atoms with Crippen molar-refractivity contribution in [2.45, 2.75) is 129 Å². The molecule has 0 spiro atoms. The van der Waals surface area contributed by atoms with Gasteiger partial charge in [-0.05, 0) is 12.0 Å². The van der Waals surface area contributed by atoms with Crippen LogP contribution in [-0.4, -0.2) is 65.5 Å². The van der Waals surface area contributed by atoms with Crippen LogP contribution in [0.5, 0.6) is 0 Å². The molecule has 49 heavy (non-hydrogen) atoms. The van der Waals surface area contributed by atoms with Crippen molar-refractivity contribution in [2.75, 3.05) is 45.6 Å². The van der Waals surface area contributed by atoms with Crippen molar-refractivity contribution in [1.29, 1.82) is 0 Å². The van der Waals surface area contributed by atoms with Gasteiger partial charge in [0.1, 0.15) is 18.2 Å². The summed E-state index contributed by atoms with van der Waals surface area (Å²) in [5.41, 5.74) is 7.92. The Bertz CT molecular complexity index is 1300. The zero-order chi connectivity index (χ0) is 34.8. The highest BCUT2D eigenvalue weighted by atomic mass is 31.2. The van der Waals surface area contributed by atoms with Gasteiger partial charge < -0.3 is 33.6 Å². The lowest BCUT2D eigenvalue weighted by Crippen LogP contribution is -2.26. The van der Waals surface area contributed by atoms with Crippen molar-refractivity contribution in [1.82, 2.24) is 19.5 Å². The fraction of sp³-hybridized carbons (Fsp3) is 0.703. The van der Waals surface area contributed by atoms with Crippen molar-refractivity contribution in [3.05, 3.63) is 48.5 Å². The van der Waals surface area contributed by atoms with Crippen LogP contribution in [0.4, 0.5) is 5.82 Å². The first-order chi connectivity index (χ1) is 24.0. The van der Waals surface area contributed by atoms with E-state index in [-0.39, 0.29) is 26.2 Å². The summed E-state index contributed by atoms with van der Waals surface area (Å²) in [6, 6.07) is 9.57. The third-order valence-electron chi connectivity index (χ3n) is 8.58. The molecule has 0 radical (unpaired) electrons. The molecule has 0 bridgehead atoms. The highest BCUT2D eigenvalue weighted by molar-refractivity contribution is 7.53. The molecule has 276 valence electrons. The molecule has 2 N–H and O–H groups in total. The molecule has 0 fully saturated rings. The van der Waals surface area contributed by atoms with Crippen LogP contribution in [0.15, 0.2) is 43.0 Å². The summed E-state index contributed by atoms with van der Waals surface area (Å²) >= 11 is 0. The number of fused-ring (bicyclic) bond motifs is 1. The number of anilines is 1. The van der Waals surface area contributed by atoms with Crippen molar-refractivity contribution >= 4 is 24.6 Å². The minimum Gasteiger partial charge on any atom is -0.382 e. The van der Waals surface area contributed by atoms with Gasteiger partial charge in [0.25, 0.3) is 0 Å². The molecule has 0 saturated carbocycles. The average Bonchev–Trinajstić information content (AvgIpc) is 3.53. The van der Waals surface area contributed by atoms with E-state index >= 15 is 0 Å². The van der Waals surface area contributed by atoms with E-state index in [1.54, 1.807) is 18.0 Å². The first-order valence-corrected chi connectivity index (χ1v) is 20.3. The zero-order valence-corrected chi connectivity index (χ0v) is 31.0. The van der Waals surface area contributed by atoms with Gasteiger partial charge in [-0.1, -0.05) is 134 Å². The monoisotopic (exact) mass is 703 g/mol. The second-order valence-corrected chi connectivity index (χ2v) is 14.8. The fourth-order valence-corrected chi connectivity index (χ4v) is 7.05. The Morgan fingerprint density at radius 3 is 2.04 bits per heavy atom. The molecule has 1 aromatic carbocycles. The van der Waals surface area contributed by atoms with E-state index in [1.807, 2.05) is 30.3 Å². The molecule has 11 nitrogen and oxygen atoms in total. The van der Waals surface area contributed by atoms with Crippen LogP contribution in [0, 0.1) is 0 Å². The van der Waals surface area contributed by atoms with Crippen molar-refractivity contribution in [3.63, 3.8) is 0 Å². The molecule has 12 heteroatoms. The highest BCUT2D eigenvalue weighted by Crippen LogP contribution is 2.49. The van der Waals surface area contributed by atoms with Gasteiger partial charge in [-0.15, -0.1) is 0 Å². The summed E-state index contributed by atoms with van der Waals surface area (Å²) in [5.74, 6) is 0.303. The summed E-state index contributed by atoms with van der Waals surface area (Å²) < 4.78 is 44.6. The predicted octanol–water partition coefficient (Wildman–Crippen LogP) is 9.10. The van der Waals surface area contributed by atoms with Gasteiger partial charge >= 0.3 is 7.60 Å². The SMILES string of the molecule is CCCCCCCCCCCCCCCCCCOCCOP(=O)(CO[C@H](COC)Cn1cnc2c(N)ncnc21)OCc1ccccc1. The largest absolute Gasteiger partial charge is 0.382 e. The number of unbranched alkanes of at least 4 members (excludes halogenated alkanes) is 15. The zero-order valence-electron chi connectivity index (χ0n) is 30.1. The lowest BCUT2D eigenvalue weighted by molar-refractivity contribution is -0.00144. The van der Waals surface area contributed by atoms with Gasteiger partial charge in [0, 0.05) is 13.7 Å². The molecule has 0 amide bonds. The molecule has 2 aromatic heterocycles. The maximum Gasteiger partial charge on any atom is 0.356 e. The smallest absolute Gasteiger partial charge is 0.356 e. The normalized spacial score (nSPS) is 13.6. The molecular formula is C37H62N5O6P. The number of nitrogen functional groups attached to an aromatic ring is 1. The topological polar surface area (TPSA) is 133 Å². The number of nitrogens with zero attached hydrogens (tertiary/aromatic N) is 4. The quantitative estimate of drug-likeness (QED) is 0.0511. The lowest BCUT2D eigenvalue weighted by atomic mass is 10.0. The standard InChI is InChI=1S/C37H62N5O6P/c1-3-4-5-6-7-8-9-10-11-12-13-14-15-16-17-21-24-45-25-26-47-49(43,48-28-33-22-19-18-20-23-33)32-46-34(29-44-2)27-42-31-41-35-36(38)39-30-40-37(35)42/h18-20,22-23,30-31,34H,3-17,21,24-29,32H2,1-2H3,(H2,38,39,40)/t34-,49?/m0/s1. The number of methoxy groups -OCH3 is 1. The van der Waals surface area contributed by atoms with Gasteiger partial charge in [-0.3, -0.25) is 4.57 Å². The van der Waals surface area contributed by atoms with Crippen LogP contribution < -0.4 is 5.73 Å². The van der Waals surface area contributed by atoms with Gasteiger partial charge in [-0.2, -0.15) is 0 Å². The molecule has 1 unspecified atom stereocenters. The van der Waals surface area contributed by atoms with Crippen molar-refractivity contribution < 1.29 is 27.8 Å². The van der Waals surface area contributed by atoms with E-state index in [9.17, 15) is 4.57 Å². The molecule has 2 heterocycles. The molecule has 3 aromatic rings. The molecule has 3 rings (SSSR count). The van der Waals surface area contributed by atoms with Crippen LogP contribution in [0.3, 0.4) is 0 Å². The Morgan fingerprint density at radius 1 is 0.776 bits per heavy atom. The van der Waals surface area contributed by atoms with Crippen LogP contribution in [-0.2, 0) is 41.0 Å². The third kappa shape index (κ3) is 17.4. The van der Waals surface area contributed by atoms with Crippen molar-refractivity contribution in [2.24, 2.45) is 0 Å². The van der Waals surface area contributed by atoms with Gasteiger partial charge in [0.15, 0.2) is 11.5 Å². The van der Waals surface area contributed by atoms with E-state index < -0.39 is 13.7 Å². The molecule has 0 aliphatic carbocycles. The first-order valence-electron chi connectivity index (χ1n) is 18.6. The van der Waals surface area contributed by atoms with Gasteiger partial charge in [0.05, 0.1) is 45.4 Å². The van der Waals surface area contributed by atoms with E-state index in [4.69, 9.17) is 29.0 Å². The molecule has 2 atom stereocenters. The van der Waals surface area contributed by atoms with E-state index in [0.29, 0.717) is 36.7 Å². The fourth-order valence-electron chi connectivity index (χ4n) is 5.74. The maximum atomic E-state index is 13.8. The summed E-state index contributed by atoms with van der Waals surface area (Å²) in [7, 11) is -2.05. The minimum atomic E-state index is -3.63. The summed E-state index contributed by atoms with van der Waals surface area (Å²) in [4.78, 5) is 12.6. The Morgan fingerprint density at radius 2 is 1.41 bits per heavy atom. The summed E-state index contributed by atoms with van der Waals surface area (Å²) in [6.07, 6.45) is 23.7. The Labute approximate surface area is 294 Å². The number of imidazole rings is 1. The maximum absolute atomic E-state index is 13.8. The van der Waals surface area contributed by atoms with Gasteiger partial charge in [-0.25, -0.2) is 15.0 Å².